The average Bonchev–Trinajstić information content (AvgIpc) is 2.83. The lowest BCUT2D eigenvalue weighted by molar-refractivity contribution is -0.133. The fourth-order valence-electron chi connectivity index (χ4n) is 3.01. The largest absolute Gasteiger partial charge is 0.374 e. The van der Waals surface area contributed by atoms with Crippen LogP contribution in [0.5, 0.6) is 0 Å². The van der Waals surface area contributed by atoms with Crippen LogP contribution >= 0.6 is 0 Å². The Balaban J connectivity index is 2.06. The van der Waals surface area contributed by atoms with E-state index in [0.29, 0.717) is 13.0 Å². The van der Waals surface area contributed by atoms with Gasteiger partial charge in [0.05, 0.1) is 11.5 Å². The Kier molecular flexibility index (Phi) is 5.34. The second kappa shape index (κ2) is 6.91. The van der Waals surface area contributed by atoms with Crippen LogP contribution in [-0.2, 0) is 14.6 Å². The summed E-state index contributed by atoms with van der Waals surface area (Å²) in [6.45, 7) is 8.33. The monoisotopic (exact) mass is 338 g/mol. The van der Waals surface area contributed by atoms with Crippen molar-refractivity contribution in [2.75, 3.05) is 23.4 Å². The highest BCUT2D eigenvalue weighted by Crippen LogP contribution is 2.20. The first-order chi connectivity index (χ1) is 10.7. The van der Waals surface area contributed by atoms with Gasteiger partial charge in [0.25, 0.3) is 0 Å². The van der Waals surface area contributed by atoms with Gasteiger partial charge in [-0.3, -0.25) is 4.79 Å². The maximum absolute atomic E-state index is 12.7. The van der Waals surface area contributed by atoms with Crippen molar-refractivity contribution in [3.63, 3.8) is 0 Å². The van der Waals surface area contributed by atoms with Gasteiger partial charge in [0.1, 0.15) is 6.04 Å². The minimum Gasteiger partial charge on any atom is -0.374 e. The van der Waals surface area contributed by atoms with Gasteiger partial charge in [-0.25, -0.2) is 8.42 Å². The highest BCUT2D eigenvalue weighted by atomic mass is 32.2. The number of carbonyl (C=O) groups is 1. The molecular weight excluding hydrogens is 312 g/mol. The highest BCUT2D eigenvalue weighted by Gasteiger charge is 2.35. The smallest absolute Gasteiger partial charge is 0.245 e. The molecule has 5 nitrogen and oxygen atoms in total. The van der Waals surface area contributed by atoms with Crippen LogP contribution in [0.2, 0.25) is 0 Å². The van der Waals surface area contributed by atoms with E-state index in [4.69, 9.17) is 0 Å². The minimum atomic E-state index is -2.99. The molecule has 1 aliphatic heterocycles. The number of hydrogen-bond acceptors (Lipinski definition) is 4. The molecule has 1 heterocycles. The van der Waals surface area contributed by atoms with Crippen molar-refractivity contribution < 1.29 is 13.2 Å². The molecule has 0 aliphatic carbocycles. The third-order valence-electron chi connectivity index (χ3n) is 4.53. The number of sulfone groups is 1. The van der Waals surface area contributed by atoms with E-state index in [1.807, 2.05) is 45.9 Å². The van der Waals surface area contributed by atoms with E-state index >= 15 is 0 Å². The quantitative estimate of drug-likeness (QED) is 0.893. The predicted octanol–water partition coefficient (Wildman–Crippen LogP) is 2.14. The van der Waals surface area contributed by atoms with Crippen molar-refractivity contribution in [3.8, 4) is 0 Å². The molecule has 2 unspecified atom stereocenters. The van der Waals surface area contributed by atoms with Crippen LogP contribution in [0.25, 0.3) is 0 Å². The topological polar surface area (TPSA) is 66.5 Å². The van der Waals surface area contributed by atoms with E-state index < -0.39 is 9.84 Å². The number of aryl methyl sites for hydroxylation is 2. The van der Waals surface area contributed by atoms with Crippen molar-refractivity contribution in [1.29, 1.82) is 0 Å². The van der Waals surface area contributed by atoms with E-state index in [1.165, 1.54) is 11.1 Å². The summed E-state index contributed by atoms with van der Waals surface area (Å²) >= 11 is 0. The van der Waals surface area contributed by atoms with Gasteiger partial charge >= 0.3 is 0 Å². The Morgan fingerprint density at radius 2 is 2.04 bits per heavy atom. The van der Waals surface area contributed by atoms with Crippen LogP contribution in [0.15, 0.2) is 18.2 Å². The number of benzene rings is 1. The normalized spacial score (nSPS) is 21.0. The predicted molar refractivity (Wildman–Crippen MR) is 93.4 cm³/mol. The van der Waals surface area contributed by atoms with E-state index in [-0.39, 0.29) is 29.5 Å². The molecule has 0 saturated carbocycles. The number of nitrogens with zero attached hydrogens (tertiary/aromatic N) is 1. The molecule has 1 saturated heterocycles. The van der Waals surface area contributed by atoms with Crippen LogP contribution in [0.3, 0.4) is 0 Å². The van der Waals surface area contributed by atoms with E-state index in [9.17, 15) is 13.2 Å². The lowest BCUT2D eigenvalue weighted by Gasteiger charge is -2.30. The molecule has 1 amide bonds. The summed E-state index contributed by atoms with van der Waals surface area (Å²) in [6.07, 6.45) is 0.540. The second-order valence-electron chi connectivity index (χ2n) is 6.35. The van der Waals surface area contributed by atoms with E-state index in [1.54, 1.807) is 4.90 Å². The zero-order valence-electron chi connectivity index (χ0n) is 14.3. The Labute approximate surface area is 139 Å². The molecule has 1 aromatic carbocycles. The van der Waals surface area contributed by atoms with Gasteiger partial charge in [-0.05, 0) is 57.4 Å². The molecule has 128 valence electrons. The summed E-state index contributed by atoms with van der Waals surface area (Å²) in [5.74, 6) is 0.219. The molecule has 23 heavy (non-hydrogen) atoms. The maximum atomic E-state index is 12.7. The maximum Gasteiger partial charge on any atom is 0.245 e. The number of rotatable bonds is 5. The van der Waals surface area contributed by atoms with Crippen molar-refractivity contribution in [1.82, 2.24) is 4.90 Å². The third kappa shape index (κ3) is 4.25. The van der Waals surface area contributed by atoms with Gasteiger partial charge < -0.3 is 10.2 Å². The zero-order chi connectivity index (χ0) is 17.2. The SMILES string of the molecule is CCN(C(=O)C(C)Nc1ccc(C)c(C)c1)C1CCS(=O)(=O)C1. The number of nitrogens with one attached hydrogen (secondary N) is 1. The van der Waals surface area contributed by atoms with Gasteiger partial charge in [0, 0.05) is 18.3 Å². The standard InChI is InChI=1S/C17H26N2O3S/c1-5-19(16-8-9-23(21,22)11-16)17(20)14(4)18-15-7-6-12(2)13(3)10-15/h6-7,10,14,16,18H,5,8-9,11H2,1-4H3. The highest BCUT2D eigenvalue weighted by molar-refractivity contribution is 7.91. The second-order valence-corrected chi connectivity index (χ2v) is 8.57. The van der Waals surface area contributed by atoms with Gasteiger partial charge in [-0.2, -0.15) is 0 Å². The van der Waals surface area contributed by atoms with Gasteiger partial charge in [-0.15, -0.1) is 0 Å². The first-order valence-electron chi connectivity index (χ1n) is 8.08. The Bertz CT molecular complexity index is 685. The summed E-state index contributed by atoms with van der Waals surface area (Å²) in [5, 5.41) is 3.23. The van der Waals surface area contributed by atoms with Crippen molar-refractivity contribution in [2.45, 2.75) is 46.2 Å². The van der Waals surface area contributed by atoms with Crippen LogP contribution in [0.1, 0.15) is 31.4 Å². The Hall–Kier alpha value is -1.56. The molecule has 2 atom stereocenters. The van der Waals surface area contributed by atoms with Crippen molar-refractivity contribution in [3.05, 3.63) is 29.3 Å². The molecule has 0 bridgehead atoms. The minimum absolute atomic E-state index is 0.0483. The molecule has 1 N–H and O–H groups in total. The lowest BCUT2D eigenvalue weighted by atomic mass is 10.1. The molecule has 0 spiro atoms. The molecule has 0 radical (unpaired) electrons. The van der Waals surface area contributed by atoms with Crippen LogP contribution in [0, 0.1) is 13.8 Å². The summed E-state index contributed by atoms with van der Waals surface area (Å²) in [6, 6.07) is 5.43. The number of anilines is 1. The van der Waals surface area contributed by atoms with Crippen LogP contribution in [0.4, 0.5) is 5.69 Å². The van der Waals surface area contributed by atoms with E-state index in [0.717, 1.165) is 5.69 Å². The molecule has 2 rings (SSSR count). The Morgan fingerprint density at radius 1 is 1.35 bits per heavy atom. The van der Waals surface area contributed by atoms with Gasteiger partial charge in [0.2, 0.25) is 5.91 Å². The zero-order valence-corrected chi connectivity index (χ0v) is 15.1. The molecule has 1 aliphatic rings. The number of carbonyl (C=O) groups excluding carboxylic acids is 1. The fraction of sp³-hybridized carbons (Fsp3) is 0.588. The molecule has 6 heteroatoms. The number of hydrogen-bond donors (Lipinski definition) is 1. The summed E-state index contributed by atoms with van der Waals surface area (Å²) in [5.41, 5.74) is 3.29. The summed E-state index contributed by atoms with van der Waals surface area (Å²) in [7, 11) is -2.99. The van der Waals surface area contributed by atoms with Crippen LogP contribution < -0.4 is 5.32 Å². The molecule has 1 aromatic rings. The number of likely N-dealkylation sites (N-methyl/N-ethyl adjacent to an activating group) is 1. The molecule has 1 fully saturated rings. The number of amides is 1. The van der Waals surface area contributed by atoms with Crippen LogP contribution in [-0.4, -0.2) is 49.4 Å². The van der Waals surface area contributed by atoms with Gasteiger partial charge in [0.15, 0.2) is 9.84 Å². The van der Waals surface area contributed by atoms with Crippen molar-refractivity contribution in [2.24, 2.45) is 0 Å². The third-order valence-corrected chi connectivity index (χ3v) is 6.28. The molecular formula is C17H26N2O3S. The summed E-state index contributed by atoms with van der Waals surface area (Å²) in [4.78, 5) is 14.4. The lowest BCUT2D eigenvalue weighted by Crippen LogP contribution is -2.47. The summed E-state index contributed by atoms with van der Waals surface area (Å²) < 4.78 is 23.3. The first-order valence-corrected chi connectivity index (χ1v) is 9.90. The fourth-order valence-corrected chi connectivity index (χ4v) is 4.74. The van der Waals surface area contributed by atoms with Crippen molar-refractivity contribution >= 4 is 21.4 Å². The average molecular weight is 338 g/mol. The Morgan fingerprint density at radius 3 is 2.57 bits per heavy atom. The molecule has 0 aromatic heterocycles. The van der Waals surface area contributed by atoms with E-state index in [2.05, 4.69) is 5.32 Å². The van der Waals surface area contributed by atoms with Gasteiger partial charge in [-0.1, -0.05) is 6.07 Å². The first kappa shape index (κ1) is 17.8.